The zero-order valence-electron chi connectivity index (χ0n) is 10.7. The number of benzene rings is 1. The average molecular weight is 272 g/mol. The molecule has 0 saturated heterocycles. The molecule has 0 aliphatic rings. The van der Waals surface area contributed by atoms with Crippen molar-refractivity contribution in [1.82, 2.24) is 0 Å². The number of methoxy groups -OCH3 is 1. The first-order chi connectivity index (χ1) is 7.65. The van der Waals surface area contributed by atoms with Crippen molar-refractivity contribution in [1.29, 1.82) is 0 Å². The second kappa shape index (κ2) is 6.78. The van der Waals surface area contributed by atoms with Crippen LogP contribution in [0.15, 0.2) is 18.2 Å². The first-order valence-corrected chi connectivity index (χ1v) is 5.48. The summed E-state index contributed by atoms with van der Waals surface area (Å²) in [6, 6.07) is 4.65. The van der Waals surface area contributed by atoms with Crippen LogP contribution in [0, 0.1) is 0 Å². The molecule has 1 aromatic rings. The zero-order chi connectivity index (χ0) is 13.3. The number of phenols is 1. The van der Waals surface area contributed by atoms with Gasteiger partial charge in [0.25, 0.3) is 0 Å². The second-order valence-electron chi connectivity index (χ2n) is 5.15. The van der Waals surface area contributed by atoms with Crippen molar-refractivity contribution in [3.05, 3.63) is 23.8 Å². The van der Waals surface area contributed by atoms with Crippen LogP contribution in [-0.2, 0) is 5.60 Å². The Bertz CT molecular complexity index is 392. The molecule has 0 radical (unpaired) electrons. The number of hydrogen-bond donors (Lipinski definition) is 3. The highest BCUT2D eigenvalue weighted by atomic mass is 16.5. The predicted molar refractivity (Wildman–Crippen MR) is 78.6 cm³/mol. The van der Waals surface area contributed by atoms with Gasteiger partial charge in [-0.1, -0.05) is 20.9 Å². The van der Waals surface area contributed by atoms with E-state index in [1.54, 1.807) is 32.9 Å². The Kier molecular flexibility index (Phi) is 7.16. The fourth-order valence-corrected chi connectivity index (χ4v) is 1.96. The summed E-state index contributed by atoms with van der Waals surface area (Å²) in [7, 11) is 1.45. The van der Waals surface area contributed by atoms with Crippen molar-refractivity contribution >= 4 is 0 Å². The van der Waals surface area contributed by atoms with Crippen molar-refractivity contribution in [2.45, 2.75) is 53.2 Å². The molecule has 0 amide bonds. The molecule has 0 aliphatic heterocycles. The van der Waals surface area contributed by atoms with E-state index >= 15 is 0 Å². The van der Waals surface area contributed by atoms with E-state index in [0.29, 0.717) is 11.3 Å². The monoisotopic (exact) mass is 272 g/mol. The molecule has 0 aliphatic carbocycles. The summed E-state index contributed by atoms with van der Waals surface area (Å²) in [5, 5.41) is 29.6. The average Bonchev–Trinajstić information content (AvgIpc) is 2.14. The van der Waals surface area contributed by atoms with Crippen LogP contribution < -0.4 is 4.74 Å². The van der Waals surface area contributed by atoms with Gasteiger partial charge in [-0.15, -0.1) is 0 Å². The van der Waals surface area contributed by atoms with E-state index in [0.717, 1.165) is 0 Å². The van der Waals surface area contributed by atoms with Gasteiger partial charge in [0.15, 0.2) is 11.5 Å². The molecule has 4 heteroatoms. The van der Waals surface area contributed by atoms with Crippen molar-refractivity contribution in [3.63, 3.8) is 0 Å². The van der Waals surface area contributed by atoms with Gasteiger partial charge < -0.3 is 20.1 Å². The van der Waals surface area contributed by atoms with Crippen LogP contribution in [0.4, 0.5) is 0 Å². The Labute approximate surface area is 116 Å². The lowest BCUT2D eigenvalue weighted by Crippen LogP contribution is -2.33. The molecule has 1 atom stereocenters. The van der Waals surface area contributed by atoms with Crippen LogP contribution in [0.25, 0.3) is 0 Å². The maximum Gasteiger partial charge on any atom is 0.160 e. The molecular weight excluding hydrogens is 244 g/mol. The van der Waals surface area contributed by atoms with E-state index in [2.05, 4.69) is 0 Å². The van der Waals surface area contributed by atoms with Gasteiger partial charge >= 0.3 is 0 Å². The number of ether oxygens (including phenoxy) is 1. The standard InChI is InChI=1S/C13H20O4.2CH4/c1-12(2,15)8-13(3,16)9-5-6-10(14)11(7-9)17-4;;/h5-7,14-16H,8H2,1-4H3;2*1H4. The highest BCUT2D eigenvalue weighted by molar-refractivity contribution is 5.43. The fraction of sp³-hybridized carbons (Fsp3) is 0.600. The van der Waals surface area contributed by atoms with E-state index in [1.807, 2.05) is 0 Å². The smallest absolute Gasteiger partial charge is 0.160 e. The minimum Gasteiger partial charge on any atom is -0.504 e. The van der Waals surface area contributed by atoms with E-state index < -0.39 is 11.2 Å². The van der Waals surface area contributed by atoms with Crippen LogP contribution in [0.1, 0.15) is 47.6 Å². The van der Waals surface area contributed by atoms with Crippen molar-refractivity contribution in [2.24, 2.45) is 0 Å². The lowest BCUT2D eigenvalue weighted by molar-refractivity contribution is -0.0391. The van der Waals surface area contributed by atoms with Crippen molar-refractivity contribution in [2.75, 3.05) is 7.11 Å². The Hall–Kier alpha value is -1.26. The summed E-state index contributed by atoms with van der Waals surface area (Å²) in [6.45, 7) is 4.90. The zero-order valence-corrected chi connectivity index (χ0v) is 10.7. The van der Waals surface area contributed by atoms with Crippen LogP contribution in [-0.4, -0.2) is 28.0 Å². The molecule has 4 nitrogen and oxygen atoms in total. The van der Waals surface area contributed by atoms with Crippen molar-refractivity contribution in [3.8, 4) is 11.5 Å². The third kappa shape index (κ3) is 5.49. The summed E-state index contributed by atoms with van der Waals surface area (Å²) in [4.78, 5) is 0. The fourth-order valence-electron chi connectivity index (χ4n) is 1.96. The van der Waals surface area contributed by atoms with E-state index in [-0.39, 0.29) is 27.0 Å². The summed E-state index contributed by atoms with van der Waals surface area (Å²) in [5.41, 5.74) is -1.57. The second-order valence-corrected chi connectivity index (χ2v) is 5.15. The first kappa shape index (κ1) is 20.1. The maximum atomic E-state index is 10.3. The number of hydrogen-bond acceptors (Lipinski definition) is 4. The van der Waals surface area contributed by atoms with Gasteiger partial charge in [0.1, 0.15) is 0 Å². The molecule has 1 unspecified atom stereocenters. The molecular formula is C15H28O4. The highest BCUT2D eigenvalue weighted by Crippen LogP contribution is 2.35. The number of rotatable bonds is 4. The lowest BCUT2D eigenvalue weighted by Gasteiger charge is -2.30. The van der Waals surface area contributed by atoms with Gasteiger partial charge in [-0.3, -0.25) is 0 Å². The third-order valence-electron chi connectivity index (χ3n) is 2.58. The van der Waals surface area contributed by atoms with Gasteiger partial charge in [-0.25, -0.2) is 0 Å². The Morgan fingerprint density at radius 1 is 1.11 bits per heavy atom. The van der Waals surface area contributed by atoms with Crippen LogP contribution in [0.3, 0.4) is 0 Å². The number of aromatic hydroxyl groups is 1. The largest absolute Gasteiger partial charge is 0.504 e. The third-order valence-corrected chi connectivity index (χ3v) is 2.58. The molecule has 19 heavy (non-hydrogen) atoms. The Balaban J connectivity index is 0. The maximum absolute atomic E-state index is 10.3. The molecule has 0 fully saturated rings. The highest BCUT2D eigenvalue weighted by Gasteiger charge is 2.31. The van der Waals surface area contributed by atoms with Gasteiger partial charge in [-0.05, 0) is 38.5 Å². The van der Waals surface area contributed by atoms with Gasteiger partial charge in [0.05, 0.1) is 18.3 Å². The molecule has 0 heterocycles. The molecule has 1 rings (SSSR count). The molecule has 0 aromatic heterocycles. The summed E-state index contributed by atoms with van der Waals surface area (Å²) < 4.78 is 4.99. The van der Waals surface area contributed by atoms with Crippen LogP contribution >= 0.6 is 0 Å². The lowest BCUT2D eigenvalue weighted by atomic mass is 9.85. The van der Waals surface area contributed by atoms with Crippen LogP contribution in [0.5, 0.6) is 11.5 Å². The summed E-state index contributed by atoms with van der Waals surface area (Å²) in [6.07, 6.45) is 0.188. The minimum absolute atomic E-state index is 0. The van der Waals surface area contributed by atoms with E-state index in [4.69, 9.17) is 4.74 Å². The summed E-state index contributed by atoms with van der Waals surface area (Å²) in [5.74, 6) is 0.328. The van der Waals surface area contributed by atoms with E-state index in [1.165, 1.54) is 13.2 Å². The predicted octanol–water partition coefficient (Wildman–Crippen LogP) is 3.04. The molecule has 3 N–H and O–H groups in total. The Morgan fingerprint density at radius 2 is 1.63 bits per heavy atom. The topological polar surface area (TPSA) is 69.9 Å². The van der Waals surface area contributed by atoms with Crippen LogP contribution in [0.2, 0.25) is 0 Å². The molecule has 112 valence electrons. The van der Waals surface area contributed by atoms with E-state index in [9.17, 15) is 15.3 Å². The van der Waals surface area contributed by atoms with Gasteiger partial charge in [-0.2, -0.15) is 0 Å². The molecule has 1 aromatic carbocycles. The number of phenolic OH excluding ortho intramolecular Hbond substituents is 1. The molecule has 0 saturated carbocycles. The summed E-state index contributed by atoms with van der Waals surface area (Å²) >= 11 is 0. The minimum atomic E-state index is -1.18. The SMILES string of the molecule is C.C.COc1cc(C(C)(O)CC(C)(C)O)ccc1O. The van der Waals surface area contributed by atoms with Gasteiger partial charge in [0, 0.05) is 6.42 Å². The number of aliphatic hydroxyl groups is 2. The van der Waals surface area contributed by atoms with Gasteiger partial charge in [0.2, 0.25) is 0 Å². The molecule has 0 spiro atoms. The quantitative estimate of drug-likeness (QED) is 0.788. The first-order valence-electron chi connectivity index (χ1n) is 5.48. The molecule has 0 bridgehead atoms. The normalized spacial score (nSPS) is 13.8. The Morgan fingerprint density at radius 3 is 2.05 bits per heavy atom. The van der Waals surface area contributed by atoms with Crippen molar-refractivity contribution < 1.29 is 20.1 Å².